The zero-order chi connectivity index (χ0) is 18.8. The molecular weight excluding hydrogens is 384 g/mol. The molecule has 136 valence electrons. The Morgan fingerprint density at radius 2 is 1.81 bits per heavy atom. The highest BCUT2D eigenvalue weighted by Gasteiger charge is 2.15. The number of hydrogen-bond donors (Lipinski definition) is 0. The Balaban J connectivity index is 1.52. The van der Waals surface area contributed by atoms with Gasteiger partial charge in [-0.15, -0.1) is 15.3 Å². The van der Waals surface area contributed by atoms with Gasteiger partial charge < -0.3 is 4.42 Å². The largest absolute Gasteiger partial charge is 0.420 e. The van der Waals surface area contributed by atoms with Gasteiger partial charge in [-0.25, -0.2) is 0 Å². The van der Waals surface area contributed by atoms with E-state index in [0.717, 1.165) is 16.8 Å². The van der Waals surface area contributed by atoms with Gasteiger partial charge in [0, 0.05) is 0 Å². The highest BCUT2D eigenvalue weighted by atomic mass is 35.5. The summed E-state index contributed by atoms with van der Waals surface area (Å²) in [6.07, 6.45) is 0. The van der Waals surface area contributed by atoms with Crippen molar-refractivity contribution in [2.75, 3.05) is 0 Å². The van der Waals surface area contributed by atoms with Gasteiger partial charge in [-0.3, -0.25) is 0 Å². The summed E-state index contributed by atoms with van der Waals surface area (Å²) in [6, 6.07) is 13.5. The molecule has 0 aliphatic heterocycles. The molecule has 0 atom stereocenters. The van der Waals surface area contributed by atoms with Gasteiger partial charge in [-0.2, -0.15) is 4.68 Å². The molecule has 4 rings (SSSR count). The lowest BCUT2D eigenvalue weighted by atomic mass is 10.1. The lowest BCUT2D eigenvalue weighted by Crippen LogP contribution is -2.00. The number of aryl methyl sites for hydroxylation is 2. The number of tetrazole rings is 1. The van der Waals surface area contributed by atoms with Crippen LogP contribution in [-0.2, 0) is 5.75 Å². The Morgan fingerprint density at radius 1 is 1.04 bits per heavy atom. The second-order valence-corrected chi connectivity index (χ2v) is 7.34. The number of thioether (sulfide) groups is 1. The summed E-state index contributed by atoms with van der Waals surface area (Å²) in [6.45, 7) is 4.09. The predicted octanol–water partition coefficient (Wildman–Crippen LogP) is 4.27. The third-order valence-electron chi connectivity index (χ3n) is 3.79. The number of rotatable bonds is 5. The van der Waals surface area contributed by atoms with Crippen molar-refractivity contribution in [3.8, 4) is 17.1 Å². The lowest BCUT2D eigenvalue weighted by molar-refractivity contribution is 0.528. The molecule has 0 radical (unpaired) electrons. The van der Waals surface area contributed by atoms with E-state index in [1.165, 1.54) is 11.8 Å². The second-order valence-electron chi connectivity index (χ2n) is 5.99. The molecule has 0 bridgehead atoms. The summed E-state index contributed by atoms with van der Waals surface area (Å²) in [5.74, 6) is 1.32. The Hall–Kier alpha value is -2.71. The molecule has 27 heavy (non-hydrogen) atoms. The van der Waals surface area contributed by atoms with Crippen molar-refractivity contribution in [2.24, 2.45) is 0 Å². The Kier molecular flexibility index (Phi) is 4.91. The zero-order valence-corrected chi connectivity index (χ0v) is 16.2. The molecule has 0 fully saturated rings. The van der Waals surface area contributed by atoms with E-state index in [-0.39, 0.29) is 0 Å². The van der Waals surface area contributed by atoms with Crippen molar-refractivity contribution in [3.63, 3.8) is 0 Å². The van der Waals surface area contributed by atoms with E-state index in [1.54, 1.807) is 10.7 Å². The van der Waals surface area contributed by atoms with E-state index < -0.39 is 0 Å². The minimum atomic E-state index is 0.394. The molecule has 0 aliphatic carbocycles. The van der Waals surface area contributed by atoms with Crippen molar-refractivity contribution < 1.29 is 4.42 Å². The zero-order valence-electron chi connectivity index (χ0n) is 14.6. The molecule has 0 N–H and O–H groups in total. The van der Waals surface area contributed by atoms with E-state index >= 15 is 0 Å². The molecular formula is C18H15ClN6OS. The molecule has 7 nitrogen and oxygen atoms in total. The van der Waals surface area contributed by atoms with Gasteiger partial charge >= 0.3 is 0 Å². The van der Waals surface area contributed by atoms with Crippen molar-refractivity contribution in [2.45, 2.75) is 24.8 Å². The average Bonchev–Trinajstić information content (AvgIpc) is 3.29. The van der Waals surface area contributed by atoms with Crippen LogP contribution >= 0.6 is 23.4 Å². The maximum atomic E-state index is 6.18. The van der Waals surface area contributed by atoms with Gasteiger partial charge in [-0.05, 0) is 59.7 Å². The fourth-order valence-electron chi connectivity index (χ4n) is 2.69. The maximum Gasteiger partial charge on any atom is 0.249 e. The van der Waals surface area contributed by atoms with Gasteiger partial charge in [0.1, 0.15) is 0 Å². The topological polar surface area (TPSA) is 82.5 Å². The first kappa shape index (κ1) is 17.7. The Labute approximate surface area is 164 Å². The molecule has 2 aromatic carbocycles. The van der Waals surface area contributed by atoms with Crippen molar-refractivity contribution in [1.29, 1.82) is 0 Å². The van der Waals surface area contributed by atoms with Gasteiger partial charge in [-0.1, -0.05) is 41.6 Å². The van der Waals surface area contributed by atoms with Crippen LogP contribution < -0.4 is 0 Å². The van der Waals surface area contributed by atoms with Crippen molar-refractivity contribution in [1.82, 2.24) is 30.4 Å². The standard InChI is InChI=1S/C18H15ClN6OS/c1-11-7-12(2)9-13(8-11)25-18(22-23-24-25)27-10-16-20-21-17(26-16)14-5-3-4-6-15(14)19/h3-9H,10H2,1-2H3. The molecule has 9 heteroatoms. The van der Waals surface area contributed by atoms with Crippen molar-refractivity contribution in [3.05, 3.63) is 64.5 Å². The van der Waals surface area contributed by atoms with Crippen LogP contribution in [0.4, 0.5) is 0 Å². The third-order valence-corrected chi connectivity index (χ3v) is 5.02. The van der Waals surface area contributed by atoms with Crippen LogP contribution in [0.3, 0.4) is 0 Å². The van der Waals surface area contributed by atoms with E-state index in [9.17, 15) is 0 Å². The fourth-order valence-corrected chi connectivity index (χ4v) is 3.63. The van der Waals surface area contributed by atoms with Crippen LogP contribution in [0.25, 0.3) is 17.1 Å². The number of aromatic nitrogens is 6. The highest BCUT2D eigenvalue weighted by molar-refractivity contribution is 7.98. The van der Waals surface area contributed by atoms with Crippen LogP contribution in [-0.4, -0.2) is 30.4 Å². The van der Waals surface area contributed by atoms with Crippen LogP contribution in [0.1, 0.15) is 17.0 Å². The summed E-state index contributed by atoms with van der Waals surface area (Å²) >= 11 is 7.60. The molecule has 0 aliphatic rings. The van der Waals surface area contributed by atoms with Gasteiger partial charge in [0.05, 0.1) is 22.0 Å². The SMILES string of the molecule is Cc1cc(C)cc(-n2nnnc2SCc2nnc(-c3ccccc3Cl)o2)c1. The number of hydrogen-bond acceptors (Lipinski definition) is 7. The van der Waals surface area contributed by atoms with Gasteiger partial charge in [0.25, 0.3) is 0 Å². The van der Waals surface area contributed by atoms with Gasteiger partial charge in [0.15, 0.2) is 0 Å². The van der Waals surface area contributed by atoms with E-state index in [0.29, 0.717) is 33.3 Å². The molecule has 0 saturated carbocycles. The Bertz CT molecular complexity index is 1070. The van der Waals surface area contributed by atoms with Crippen LogP contribution in [0.2, 0.25) is 5.02 Å². The van der Waals surface area contributed by atoms with E-state index in [2.05, 4.69) is 31.8 Å². The number of nitrogens with zero attached hydrogens (tertiary/aromatic N) is 6. The summed E-state index contributed by atoms with van der Waals surface area (Å²) < 4.78 is 7.43. The predicted molar refractivity (Wildman–Crippen MR) is 103 cm³/mol. The highest BCUT2D eigenvalue weighted by Crippen LogP contribution is 2.28. The third kappa shape index (κ3) is 3.86. The minimum Gasteiger partial charge on any atom is -0.420 e. The lowest BCUT2D eigenvalue weighted by Gasteiger charge is -2.06. The molecule has 0 unspecified atom stereocenters. The summed E-state index contributed by atoms with van der Waals surface area (Å²) in [7, 11) is 0. The van der Waals surface area contributed by atoms with Crippen LogP contribution in [0.15, 0.2) is 52.0 Å². The number of benzene rings is 2. The van der Waals surface area contributed by atoms with E-state index in [1.807, 2.05) is 44.2 Å². The normalized spacial score (nSPS) is 11.1. The second kappa shape index (κ2) is 7.50. The molecule has 0 amide bonds. The average molecular weight is 399 g/mol. The van der Waals surface area contributed by atoms with Crippen molar-refractivity contribution >= 4 is 23.4 Å². The minimum absolute atomic E-state index is 0.394. The molecule has 0 saturated heterocycles. The fraction of sp³-hybridized carbons (Fsp3) is 0.167. The molecule has 2 heterocycles. The number of halogens is 1. The first-order valence-corrected chi connectivity index (χ1v) is 9.53. The van der Waals surface area contributed by atoms with Gasteiger partial charge in [0.2, 0.25) is 16.9 Å². The van der Waals surface area contributed by atoms with Crippen LogP contribution in [0, 0.1) is 13.8 Å². The first-order chi connectivity index (χ1) is 13.1. The first-order valence-electron chi connectivity index (χ1n) is 8.17. The maximum absolute atomic E-state index is 6.18. The summed E-state index contributed by atoms with van der Waals surface area (Å²) in [4.78, 5) is 0. The van der Waals surface area contributed by atoms with E-state index in [4.69, 9.17) is 16.0 Å². The smallest absolute Gasteiger partial charge is 0.249 e. The summed E-state index contributed by atoms with van der Waals surface area (Å²) in [5.41, 5.74) is 3.93. The van der Waals surface area contributed by atoms with Crippen LogP contribution in [0.5, 0.6) is 0 Å². The molecule has 0 spiro atoms. The monoisotopic (exact) mass is 398 g/mol. The Morgan fingerprint density at radius 3 is 2.59 bits per heavy atom. The quantitative estimate of drug-likeness (QED) is 0.464. The molecule has 2 aromatic heterocycles. The molecule has 4 aromatic rings. The summed E-state index contributed by atoms with van der Waals surface area (Å²) in [5, 5.41) is 21.4.